The lowest BCUT2D eigenvalue weighted by Crippen LogP contribution is -2.24. The van der Waals surface area contributed by atoms with Crippen molar-refractivity contribution in [2.45, 2.75) is 19.9 Å². The van der Waals surface area contributed by atoms with Crippen molar-refractivity contribution in [2.75, 3.05) is 13.2 Å². The van der Waals surface area contributed by atoms with Crippen molar-refractivity contribution in [3.05, 3.63) is 48.2 Å². The average molecular weight is 246 g/mol. The Morgan fingerprint density at radius 3 is 3.00 bits per heavy atom. The second-order valence-corrected chi connectivity index (χ2v) is 4.13. The number of furan rings is 1. The molecule has 4 nitrogen and oxygen atoms in total. The van der Waals surface area contributed by atoms with Crippen LogP contribution in [-0.2, 0) is 0 Å². The van der Waals surface area contributed by atoms with Crippen LogP contribution >= 0.6 is 0 Å². The third-order valence-electron chi connectivity index (χ3n) is 2.74. The standard InChI is InChI=1S/C14H18N2O2/c1-11-13(5-3-7-15-11)18-10-8-16-12(2)14-6-4-9-17-14/h3-7,9,12,16H,8,10H2,1-2H3. The van der Waals surface area contributed by atoms with Gasteiger partial charge in [0, 0.05) is 12.7 Å². The number of pyridine rings is 1. The Bertz CT molecular complexity index is 468. The summed E-state index contributed by atoms with van der Waals surface area (Å²) in [5, 5.41) is 3.34. The highest BCUT2D eigenvalue weighted by molar-refractivity contribution is 5.25. The van der Waals surface area contributed by atoms with Crippen LogP contribution in [0.2, 0.25) is 0 Å². The van der Waals surface area contributed by atoms with Gasteiger partial charge in [0.25, 0.3) is 0 Å². The molecule has 2 aromatic heterocycles. The van der Waals surface area contributed by atoms with Crippen LogP contribution in [0.15, 0.2) is 41.1 Å². The maximum absolute atomic E-state index is 5.65. The van der Waals surface area contributed by atoms with Gasteiger partial charge >= 0.3 is 0 Å². The van der Waals surface area contributed by atoms with Gasteiger partial charge in [-0.1, -0.05) is 0 Å². The molecule has 0 amide bonds. The zero-order valence-electron chi connectivity index (χ0n) is 10.7. The van der Waals surface area contributed by atoms with Crippen LogP contribution in [0.25, 0.3) is 0 Å². The van der Waals surface area contributed by atoms with Crippen LogP contribution in [0.4, 0.5) is 0 Å². The first-order valence-electron chi connectivity index (χ1n) is 6.08. The van der Waals surface area contributed by atoms with E-state index in [-0.39, 0.29) is 6.04 Å². The van der Waals surface area contributed by atoms with E-state index in [9.17, 15) is 0 Å². The first kappa shape index (κ1) is 12.6. The third kappa shape index (κ3) is 3.34. The molecule has 0 aliphatic heterocycles. The predicted octanol–water partition coefficient (Wildman–Crippen LogP) is 2.71. The summed E-state index contributed by atoms with van der Waals surface area (Å²) in [5.41, 5.74) is 0.914. The number of aromatic nitrogens is 1. The third-order valence-corrected chi connectivity index (χ3v) is 2.74. The van der Waals surface area contributed by atoms with Crippen LogP contribution < -0.4 is 10.1 Å². The molecule has 0 radical (unpaired) electrons. The van der Waals surface area contributed by atoms with E-state index >= 15 is 0 Å². The molecule has 2 rings (SSSR count). The molecule has 0 fully saturated rings. The monoisotopic (exact) mass is 246 g/mol. The highest BCUT2D eigenvalue weighted by Gasteiger charge is 2.06. The Kier molecular flexibility index (Phi) is 4.36. The number of hydrogen-bond donors (Lipinski definition) is 1. The van der Waals surface area contributed by atoms with E-state index in [1.807, 2.05) is 31.2 Å². The molecule has 0 bridgehead atoms. The summed E-state index contributed by atoms with van der Waals surface area (Å²) in [6, 6.07) is 7.85. The van der Waals surface area contributed by atoms with Gasteiger partial charge in [-0.05, 0) is 38.1 Å². The van der Waals surface area contributed by atoms with Gasteiger partial charge in [-0.2, -0.15) is 0 Å². The van der Waals surface area contributed by atoms with Gasteiger partial charge < -0.3 is 14.5 Å². The highest BCUT2D eigenvalue weighted by atomic mass is 16.5. The summed E-state index contributed by atoms with van der Waals surface area (Å²) in [6.45, 7) is 5.37. The van der Waals surface area contributed by atoms with Crippen molar-refractivity contribution in [3.63, 3.8) is 0 Å². The van der Waals surface area contributed by atoms with Gasteiger partial charge in [0.1, 0.15) is 18.1 Å². The van der Waals surface area contributed by atoms with E-state index in [1.165, 1.54) is 0 Å². The fourth-order valence-electron chi connectivity index (χ4n) is 1.70. The second kappa shape index (κ2) is 6.21. The normalized spacial score (nSPS) is 12.3. The largest absolute Gasteiger partial charge is 0.490 e. The minimum absolute atomic E-state index is 0.193. The lowest BCUT2D eigenvalue weighted by Gasteiger charge is -2.12. The number of ether oxygens (including phenoxy) is 1. The lowest BCUT2D eigenvalue weighted by molar-refractivity contribution is 0.299. The molecular weight excluding hydrogens is 228 g/mol. The van der Waals surface area contributed by atoms with E-state index in [1.54, 1.807) is 12.5 Å². The summed E-state index contributed by atoms with van der Waals surface area (Å²) in [7, 11) is 0. The molecule has 18 heavy (non-hydrogen) atoms. The molecule has 1 unspecified atom stereocenters. The molecule has 1 N–H and O–H groups in total. The lowest BCUT2D eigenvalue weighted by atomic mass is 10.2. The molecular formula is C14H18N2O2. The molecule has 0 aliphatic rings. The predicted molar refractivity (Wildman–Crippen MR) is 69.6 cm³/mol. The minimum Gasteiger partial charge on any atom is -0.490 e. The Hall–Kier alpha value is -1.81. The number of nitrogens with one attached hydrogen (secondary N) is 1. The molecule has 0 spiro atoms. The smallest absolute Gasteiger partial charge is 0.140 e. The summed E-state index contributed by atoms with van der Waals surface area (Å²) < 4.78 is 11.0. The van der Waals surface area contributed by atoms with Crippen molar-refractivity contribution in [1.29, 1.82) is 0 Å². The number of nitrogens with zero attached hydrogens (tertiary/aromatic N) is 1. The van der Waals surface area contributed by atoms with Crippen LogP contribution in [-0.4, -0.2) is 18.1 Å². The Morgan fingerprint density at radius 2 is 2.28 bits per heavy atom. The summed E-state index contributed by atoms with van der Waals surface area (Å²) in [5.74, 6) is 1.78. The highest BCUT2D eigenvalue weighted by Crippen LogP contribution is 2.14. The first-order valence-corrected chi connectivity index (χ1v) is 6.08. The molecule has 0 saturated carbocycles. The maximum atomic E-state index is 5.65. The van der Waals surface area contributed by atoms with Crippen LogP contribution in [0.5, 0.6) is 5.75 Å². The molecule has 96 valence electrons. The van der Waals surface area contributed by atoms with Crippen molar-refractivity contribution >= 4 is 0 Å². The number of rotatable bonds is 6. The van der Waals surface area contributed by atoms with Gasteiger partial charge in [0.15, 0.2) is 0 Å². The minimum atomic E-state index is 0.193. The van der Waals surface area contributed by atoms with Crippen molar-refractivity contribution in [1.82, 2.24) is 10.3 Å². The second-order valence-electron chi connectivity index (χ2n) is 4.13. The molecule has 0 aliphatic carbocycles. The van der Waals surface area contributed by atoms with Crippen molar-refractivity contribution in [2.24, 2.45) is 0 Å². The zero-order valence-corrected chi connectivity index (χ0v) is 10.7. The maximum Gasteiger partial charge on any atom is 0.140 e. The van der Waals surface area contributed by atoms with Gasteiger partial charge in [0.2, 0.25) is 0 Å². The Balaban J connectivity index is 1.72. The van der Waals surface area contributed by atoms with Gasteiger partial charge in [-0.15, -0.1) is 0 Å². The van der Waals surface area contributed by atoms with E-state index < -0.39 is 0 Å². The molecule has 1 atom stereocenters. The van der Waals surface area contributed by atoms with E-state index in [0.717, 1.165) is 23.7 Å². The quantitative estimate of drug-likeness (QED) is 0.796. The Labute approximate surface area is 107 Å². The van der Waals surface area contributed by atoms with Crippen molar-refractivity contribution < 1.29 is 9.15 Å². The molecule has 2 aromatic rings. The molecule has 0 saturated heterocycles. The first-order chi connectivity index (χ1) is 8.77. The van der Waals surface area contributed by atoms with Crippen LogP contribution in [0.3, 0.4) is 0 Å². The van der Waals surface area contributed by atoms with Gasteiger partial charge in [-0.3, -0.25) is 4.98 Å². The summed E-state index contributed by atoms with van der Waals surface area (Å²) in [4.78, 5) is 4.17. The fraction of sp³-hybridized carbons (Fsp3) is 0.357. The zero-order chi connectivity index (χ0) is 12.8. The van der Waals surface area contributed by atoms with Gasteiger partial charge in [-0.25, -0.2) is 0 Å². The molecule has 4 heteroatoms. The number of hydrogen-bond acceptors (Lipinski definition) is 4. The van der Waals surface area contributed by atoms with E-state index in [0.29, 0.717) is 6.61 Å². The summed E-state index contributed by atoms with van der Waals surface area (Å²) in [6.07, 6.45) is 3.45. The molecule has 2 heterocycles. The average Bonchev–Trinajstić information content (AvgIpc) is 2.90. The van der Waals surface area contributed by atoms with Crippen LogP contribution in [0.1, 0.15) is 24.4 Å². The summed E-state index contributed by atoms with van der Waals surface area (Å²) >= 11 is 0. The SMILES string of the molecule is Cc1ncccc1OCCNC(C)c1ccco1. The van der Waals surface area contributed by atoms with Crippen molar-refractivity contribution in [3.8, 4) is 5.75 Å². The van der Waals surface area contributed by atoms with Gasteiger partial charge in [0.05, 0.1) is 18.0 Å². The number of aryl methyl sites for hydroxylation is 1. The fourth-order valence-corrected chi connectivity index (χ4v) is 1.70. The van der Waals surface area contributed by atoms with E-state index in [2.05, 4.69) is 17.2 Å². The Morgan fingerprint density at radius 1 is 1.39 bits per heavy atom. The van der Waals surface area contributed by atoms with Crippen LogP contribution in [0, 0.1) is 6.92 Å². The topological polar surface area (TPSA) is 47.3 Å². The molecule has 0 aromatic carbocycles. The van der Waals surface area contributed by atoms with E-state index in [4.69, 9.17) is 9.15 Å².